The smallest absolute Gasteiger partial charge is 0.253 e. The van der Waals surface area contributed by atoms with E-state index in [1.165, 1.54) is 0 Å². The van der Waals surface area contributed by atoms with Crippen LogP contribution < -0.4 is 25.0 Å². The van der Waals surface area contributed by atoms with Gasteiger partial charge < -0.3 is 25.0 Å². The number of benzene rings is 2. The number of hydrogen-bond donors (Lipinski definition) is 2. The van der Waals surface area contributed by atoms with Crippen LogP contribution in [0.15, 0.2) is 42.5 Å². The molecule has 0 spiro atoms. The zero-order chi connectivity index (χ0) is 21.4. The average molecular weight is 421 g/mol. The van der Waals surface area contributed by atoms with Gasteiger partial charge in [0, 0.05) is 30.8 Å². The van der Waals surface area contributed by atoms with Crippen LogP contribution in [-0.2, 0) is 9.59 Å². The van der Waals surface area contributed by atoms with Gasteiger partial charge in [0.05, 0.1) is 17.2 Å². The van der Waals surface area contributed by atoms with Crippen molar-refractivity contribution in [1.29, 1.82) is 0 Å². The molecule has 1 unspecified atom stereocenters. The van der Waals surface area contributed by atoms with Crippen LogP contribution in [0, 0.1) is 5.92 Å². The van der Waals surface area contributed by atoms with Crippen LogP contribution in [0.25, 0.3) is 0 Å². The molecule has 0 bridgehead atoms. The van der Waals surface area contributed by atoms with Crippen LogP contribution in [0.5, 0.6) is 11.5 Å². The van der Waals surface area contributed by atoms with E-state index < -0.39 is 5.92 Å². The number of amides is 3. The fourth-order valence-corrected chi connectivity index (χ4v) is 3.85. The quantitative estimate of drug-likeness (QED) is 0.773. The molecule has 2 N–H and O–H groups in total. The maximum atomic E-state index is 12.9. The van der Waals surface area contributed by atoms with E-state index in [-0.39, 0.29) is 36.7 Å². The van der Waals surface area contributed by atoms with E-state index in [4.69, 9.17) is 9.47 Å². The molecule has 1 atom stereocenters. The molecule has 0 aromatic heterocycles. The van der Waals surface area contributed by atoms with Crippen molar-refractivity contribution in [3.05, 3.63) is 48.0 Å². The first-order valence-corrected chi connectivity index (χ1v) is 10.5. The van der Waals surface area contributed by atoms with Crippen molar-refractivity contribution in [2.75, 3.05) is 30.0 Å². The molecule has 2 fully saturated rings. The van der Waals surface area contributed by atoms with Crippen LogP contribution in [0.4, 0.5) is 11.4 Å². The van der Waals surface area contributed by atoms with Gasteiger partial charge in [-0.05, 0) is 37.1 Å². The Hall–Kier alpha value is -3.55. The summed E-state index contributed by atoms with van der Waals surface area (Å²) in [5.74, 6) is 0.132. The summed E-state index contributed by atoms with van der Waals surface area (Å²) in [6.45, 7) is 1.22. The topological polar surface area (TPSA) is 97.0 Å². The Morgan fingerprint density at radius 2 is 1.77 bits per heavy atom. The largest absolute Gasteiger partial charge is 0.486 e. The van der Waals surface area contributed by atoms with E-state index in [1.54, 1.807) is 47.4 Å². The van der Waals surface area contributed by atoms with Crippen LogP contribution in [0.2, 0.25) is 0 Å². The lowest BCUT2D eigenvalue weighted by Gasteiger charge is -2.22. The van der Waals surface area contributed by atoms with E-state index in [2.05, 4.69) is 10.6 Å². The third-order valence-corrected chi connectivity index (χ3v) is 5.68. The number of nitrogens with zero attached hydrogens (tertiary/aromatic N) is 1. The van der Waals surface area contributed by atoms with Gasteiger partial charge >= 0.3 is 0 Å². The fourth-order valence-electron chi connectivity index (χ4n) is 3.85. The highest BCUT2D eigenvalue weighted by atomic mass is 16.6. The van der Waals surface area contributed by atoms with Crippen molar-refractivity contribution >= 4 is 29.1 Å². The number of rotatable bonds is 5. The summed E-state index contributed by atoms with van der Waals surface area (Å²) < 4.78 is 11.1. The normalized spacial score (nSPS) is 19.8. The highest BCUT2D eigenvalue weighted by Gasteiger charge is 2.36. The second-order valence-corrected chi connectivity index (χ2v) is 8.02. The monoisotopic (exact) mass is 421 g/mol. The van der Waals surface area contributed by atoms with Crippen LogP contribution in [0.3, 0.4) is 0 Å². The highest BCUT2D eigenvalue weighted by Crippen LogP contribution is 2.36. The van der Waals surface area contributed by atoms with E-state index >= 15 is 0 Å². The van der Waals surface area contributed by atoms with Crippen LogP contribution >= 0.6 is 0 Å². The van der Waals surface area contributed by atoms with Gasteiger partial charge in [-0.3, -0.25) is 14.4 Å². The molecule has 160 valence electrons. The molecular formula is C23H23N3O5. The van der Waals surface area contributed by atoms with Crippen molar-refractivity contribution in [2.24, 2.45) is 5.92 Å². The molecule has 3 amide bonds. The molecule has 1 saturated carbocycles. The summed E-state index contributed by atoms with van der Waals surface area (Å²) >= 11 is 0. The minimum Gasteiger partial charge on any atom is -0.486 e. The van der Waals surface area contributed by atoms with Gasteiger partial charge in [-0.25, -0.2) is 0 Å². The summed E-state index contributed by atoms with van der Waals surface area (Å²) in [5.41, 5.74) is 1.56. The lowest BCUT2D eigenvalue weighted by atomic mass is 10.1. The predicted octanol–water partition coefficient (Wildman–Crippen LogP) is 2.34. The van der Waals surface area contributed by atoms with Gasteiger partial charge in [0.2, 0.25) is 11.8 Å². The second-order valence-electron chi connectivity index (χ2n) is 8.02. The summed E-state index contributed by atoms with van der Waals surface area (Å²) in [5, 5.41) is 5.79. The number of anilines is 2. The molecule has 2 heterocycles. The standard InChI is InChI=1S/C23H23N3O5/c27-21-11-14(13-26(21)16-7-8-19-20(12-16)31-10-9-30-19)22(28)25-18-4-2-1-3-17(18)23(29)24-15-5-6-15/h1-4,7-8,12,14-15H,5-6,9-11,13H2,(H,24,29)(H,25,28). The van der Waals surface area contributed by atoms with Crippen LogP contribution in [-0.4, -0.2) is 43.5 Å². The van der Waals surface area contributed by atoms with Crippen molar-refractivity contribution in [3.63, 3.8) is 0 Å². The Morgan fingerprint density at radius 3 is 2.58 bits per heavy atom. The molecular weight excluding hydrogens is 398 g/mol. The molecule has 1 saturated heterocycles. The number of para-hydroxylation sites is 1. The number of carbonyl (C=O) groups is 3. The van der Waals surface area contributed by atoms with E-state index in [9.17, 15) is 14.4 Å². The molecule has 1 aliphatic carbocycles. The molecule has 31 heavy (non-hydrogen) atoms. The zero-order valence-electron chi connectivity index (χ0n) is 16.9. The molecule has 5 rings (SSSR count). The van der Waals surface area contributed by atoms with E-state index in [1.807, 2.05) is 0 Å². The highest BCUT2D eigenvalue weighted by molar-refractivity contribution is 6.07. The number of nitrogens with one attached hydrogen (secondary N) is 2. The molecule has 2 aromatic rings. The predicted molar refractivity (Wildman–Crippen MR) is 113 cm³/mol. The minimum atomic E-state index is -0.514. The van der Waals surface area contributed by atoms with E-state index in [0.29, 0.717) is 41.7 Å². The number of ether oxygens (including phenoxy) is 2. The lowest BCUT2D eigenvalue weighted by Crippen LogP contribution is -2.30. The van der Waals surface area contributed by atoms with Crippen molar-refractivity contribution in [3.8, 4) is 11.5 Å². The Balaban J connectivity index is 1.28. The van der Waals surface area contributed by atoms with E-state index in [0.717, 1.165) is 12.8 Å². The van der Waals surface area contributed by atoms with Gasteiger partial charge in [0.25, 0.3) is 5.91 Å². The number of carbonyl (C=O) groups excluding carboxylic acids is 3. The Bertz CT molecular complexity index is 1050. The Labute approximate surface area is 179 Å². The Morgan fingerprint density at radius 1 is 1.00 bits per heavy atom. The van der Waals surface area contributed by atoms with Gasteiger partial charge in [0.15, 0.2) is 11.5 Å². The van der Waals surface area contributed by atoms with Gasteiger partial charge in [-0.2, -0.15) is 0 Å². The third-order valence-electron chi connectivity index (χ3n) is 5.68. The zero-order valence-corrected chi connectivity index (χ0v) is 16.9. The van der Waals surface area contributed by atoms with Gasteiger partial charge in [0.1, 0.15) is 13.2 Å². The first kappa shape index (κ1) is 19.4. The first-order chi connectivity index (χ1) is 15.1. The summed E-state index contributed by atoms with van der Waals surface area (Å²) in [4.78, 5) is 39.6. The van der Waals surface area contributed by atoms with Crippen molar-refractivity contribution < 1.29 is 23.9 Å². The minimum absolute atomic E-state index is 0.108. The maximum absolute atomic E-state index is 12.9. The molecule has 3 aliphatic rings. The Kier molecular flexibility index (Phi) is 4.97. The molecule has 2 aromatic carbocycles. The maximum Gasteiger partial charge on any atom is 0.253 e. The summed E-state index contributed by atoms with van der Waals surface area (Å²) in [7, 11) is 0. The molecule has 8 heteroatoms. The second kappa shape index (κ2) is 7.94. The average Bonchev–Trinajstić information content (AvgIpc) is 3.51. The fraction of sp³-hybridized carbons (Fsp3) is 0.348. The SMILES string of the molecule is O=C(NC1CC1)c1ccccc1NC(=O)C1CC(=O)N(c2ccc3c(c2)OCCO3)C1. The third kappa shape index (κ3) is 4.05. The molecule has 8 nitrogen and oxygen atoms in total. The lowest BCUT2D eigenvalue weighted by molar-refractivity contribution is -0.122. The van der Waals surface area contributed by atoms with Crippen molar-refractivity contribution in [1.82, 2.24) is 5.32 Å². The van der Waals surface area contributed by atoms with Gasteiger partial charge in [-0.15, -0.1) is 0 Å². The molecule has 2 aliphatic heterocycles. The van der Waals surface area contributed by atoms with Crippen molar-refractivity contribution in [2.45, 2.75) is 25.3 Å². The summed E-state index contributed by atoms with van der Waals surface area (Å²) in [6.07, 6.45) is 2.08. The number of fused-ring (bicyclic) bond motifs is 1. The molecule has 0 radical (unpaired) electrons. The number of hydrogen-bond acceptors (Lipinski definition) is 5. The van der Waals surface area contributed by atoms with Crippen LogP contribution in [0.1, 0.15) is 29.6 Å². The summed E-state index contributed by atoms with van der Waals surface area (Å²) in [6, 6.07) is 12.5. The van der Waals surface area contributed by atoms with Gasteiger partial charge in [-0.1, -0.05) is 12.1 Å². The first-order valence-electron chi connectivity index (χ1n) is 10.5.